The third-order valence-electron chi connectivity index (χ3n) is 13.4. The van der Waals surface area contributed by atoms with Gasteiger partial charge in [0, 0.05) is 154 Å². The molecule has 0 aromatic carbocycles. The Hall–Kier alpha value is -5.02. The van der Waals surface area contributed by atoms with E-state index in [-0.39, 0.29) is 0 Å². The molecule has 0 bridgehead atoms. The van der Waals surface area contributed by atoms with Crippen LogP contribution in [0, 0.1) is 0 Å². The summed E-state index contributed by atoms with van der Waals surface area (Å²) in [5.41, 5.74) is 8.64. The molecule has 10 aliphatic heterocycles. The van der Waals surface area contributed by atoms with Crippen molar-refractivity contribution in [2.24, 2.45) is 0 Å². The number of piperidine rings is 1. The molecule has 1 atom stereocenters. The highest BCUT2D eigenvalue weighted by Gasteiger charge is 2.12. The van der Waals surface area contributed by atoms with Gasteiger partial charge in [-0.25, -0.2) is 0 Å². The first-order valence-corrected chi connectivity index (χ1v) is 41.3. The average Bonchev–Trinajstić information content (AvgIpc) is 1.40. The topological polar surface area (TPSA) is 93.4 Å². The van der Waals surface area contributed by atoms with Crippen LogP contribution in [0.1, 0.15) is 203 Å². The van der Waals surface area contributed by atoms with Crippen LogP contribution in [0.25, 0.3) is 0 Å². The maximum atomic E-state index is 5.12. The van der Waals surface area contributed by atoms with Crippen LogP contribution in [0.15, 0.2) is 159 Å². The lowest BCUT2D eigenvalue weighted by molar-refractivity contribution is -0.129. The van der Waals surface area contributed by atoms with Crippen LogP contribution in [0.2, 0.25) is 0 Å². The third kappa shape index (κ3) is 70.0. The second-order valence-corrected chi connectivity index (χ2v) is 24.3. The second kappa shape index (κ2) is 88.2. The van der Waals surface area contributed by atoms with Crippen molar-refractivity contribution < 1.29 is 18.9 Å². The number of thioether (sulfide) groups is 2. The highest BCUT2D eigenvalue weighted by atomic mass is 32.2. The van der Waals surface area contributed by atoms with E-state index in [9.17, 15) is 0 Å². The second-order valence-electron chi connectivity index (χ2n) is 20.3. The van der Waals surface area contributed by atoms with Gasteiger partial charge in [-0.1, -0.05) is 233 Å². The minimum absolute atomic E-state index is 0.336. The van der Waals surface area contributed by atoms with Gasteiger partial charge >= 0.3 is 0 Å². The van der Waals surface area contributed by atoms with Crippen LogP contribution in [0.3, 0.4) is 0 Å². The van der Waals surface area contributed by atoms with E-state index in [0.29, 0.717) is 43.4 Å². The summed E-state index contributed by atoms with van der Waals surface area (Å²) in [6.45, 7) is 85.3. The van der Waals surface area contributed by atoms with Crippen molar-refractivity contribution in [3.05, 3.63) is 159 Å². The molecule has 0 aliphatic carbocycles. The van der Waals surface area contributed by atoms with E-state index >= 15 is 0 Å². The fourth-order valence-electron chi connectivity index (χ4n) is 6.91. The Labute approximate surface area is 636 Å². The highest BCUT2D eigenvalue weighted by molar-refractivity contribution is 8.14. The predicted molar refractivity (Wildman–Crippen MR) is 465 cm³/mol. The number of likely N-dealkylation sites (tertiary alicyclic amines) is 1. The number of nitrogens with one attached hydrogen (secondary N) is 2. The fraction of sp³-hybridized carbons (Fsp3) is 0.667. The van der Waals surface area contributed by atoms with Gasteiger partial charge in [-0.05, 0) is 76.3 Å². The zero-order chi connectivity index (χ0) is 80.0. The van der Waals surface area contributed by atoms with Crippen molar-refractivity contribution in [2.45, 2.75) is 203 Å². The van der Waals surface area contributed by atoms with Crippen LogP contribution in [-0.2, 0) is 18.9 Å². The summed E-state index contributed by atoms with van der Waals surface area (Å²) in [6, 6.07) is 0. The first-order chi connectivity index (χ1) is 47.9. The summed E-state index contributed by atoms with van der Waals surface area (Å²) in [4.78, 5) is 20.7. The maximum Gasteiger partial charge on any atom is 0.192 e. The van der Waals surface area contributed by atoms with Crippen molar-refractivity contribution in [1.29, 1.82) is 0 Å². The lowest BCUT2D eigenvalue weighted by Gasteiger charge is -2.28. The van der Waals surface area contributed by atoms with E-state index in [1.165, 1.54) is 83.6 Å². The number of hydrogen-bond donors (Lipinski definition) is 2. The summed E-state index contributed by atoms with van der Waals surface area (Å²) in [7, 11) is 20.6. The molecule has 0 amide bonds. The molecule has 0 spiro atoms. The number of hydrogen-bond acceptors (Lipinski definition) is 18. The molecule has 0 saturated carbocycles. The van der Waals surface area contributed by atoms with Gasteiger partial charge < -0.3 is 67.9 Å². The van der Waals surface area contributed by atoms with Crippen molar-refractivity contribution in [2.75, 3.05) is 160 Å². The number of allylic oxidation sites excluding steroid dienone is 7. The van der Waals surface area contributed by atoms with Gasteiger partial charge in [-0.2, -0.15) is 10.5 Å². The molecule has 7 saturated heterocycles. The minimum atomic E-state index is 0.336. The summed E-state index contributed by atoms with van der Waals surface area (Å²) in [5, 5.41) is 7.36. The fourth-order valence-corrected chi connectivity index (χ4v) is 9.91. The molecule has 1 unspecified atom stereocenters. The van der Waals surface area contributed by atoms with E-state index in [4.69, 9.17) is 18.9 Å². The van der Waals surface area contributed by atoms with E-state index in [2.05, 4.69) is 170 Å². The molecule has 594 valence electrons. The summed E-state index contributed by atoms with van der Waals surface area (Å²) in [5.74, 6) is 11.2. The third-order valence-corrected chi connectivity index (χ3v) is 17.0. The van der Waals surface area contributed by atoms with Gasteiger partial charge in [0.2, 0.25) is 0 Å². The Morgan fingerprint density at radius 2 is 0.930 bits per heavy atom. The summed E-state index contributed by atoms with van der Waals surface area (Å²) >= 11 is 3.72. The quantitative estimate of drug-likeness (QED) is 0.178. The SMILES string of the molecule is C=C1CC=CCN1C.C=C1CC=CN1C.C=C1CCC=CN1C.C=C1CCCCN1C.C=C1CCOCN1C.C=C1CCS(=C)CN1C.C=C1CCSCN1C.C=C1OCNCN1C.C=C1OCOCN1C.C=C1SCNCN1C.CC.CC.CC.CC.CC.CC.CC.CC.CC.CC. The van der Waals surface area contributed by atoms with Crippen molar-refractivity contribution >= 4 is 39.9 Å². The molecule has 10 aliphatic rings. The molecular weight excluding hydrogens is 1300 g/mol. The lowest BCUT2D eigenvalue weighted by atomic mass is 10.1. The average molecular weight is 1470 g/mol. The molecule has 7 fully saturated rings. The van der Waals surface area contributed by atoms with E-state index in [1.807, 2.05) is 213 Å². The van der Waals surface area contributed by atoms with Crippen molar-refractivity contribution in [1.82, 2.24) is 59.6 Å². The Kier molecular flexibility index (Phi) is 102. The standard InChI is InChI=1S/C7H13NS.C7H13N.2C7H11N.C6H11NO.C6H11NS.C6H9N.C5H10N2O.C5H10N2S.C5H9NO2.10C2H6/c1-7-4-5-9(3)6-8(7)2;3*1-7-5-3-4-6-8(7)2;2*1-6-3-4-8-5-7(6)2;1-6-4-3-5-7(6)2;2*1-5-7(2)3-6-4-8-5;1-5-6(2)3-7-4-8-5;10*1-2/h1,3-6H2,2H3;1,3-6H2,2H3;4,6H,1,3,5H2,2H3;3-4H,1,5-6H2,2H3;2*1,3-5H2,2H3;3,5H,1,4H2,2H3;2*6H,1,3-4H2,2H3;1,3-4H2,2H3;10*1-2H3. The van der Waals surface area contributed by atoms with Crippen LogP contribution in [-0.4, -0.2) is 215 Å². The molecule has 0 aromatic rings. The highest BCUT2D eigenvalue weighted by Crippen LogP contribution is 2.24. The predicted octanol–water partition coefficient (Wildman–Crippen LogP) is 21.1. The minimum Gasteiger partial charge on any atom is -0.464 e. The number of ether oxygens (including phenoxy) is 4. The van der Waals surface area contributed by atoms with Crippen LogP contribution in [0.5, 0.6) is 0 Å². The molecular formula is C81H168N12O4S3. The number of likely N-dealkylation sites (N-methyl/N-ethyl adjacent to an activating group) is 1. The van der Waals surface area contributed by atoms with Gasteiger partial charge in [-0.15, -0.1) is 11.8 Å². The van der Waals surface area contributed by atoms with Crippen LogP contribution >= 0.6 is 34.0 Å². The largest absolute Gasteiger partial charge is 0.464 e. The summed E-state index contributed by atoms with van der Waals surface area (Å²) < 4.78 is 19.9. The molecule has 100 heavy (non-hydrogen) atoms. The number of rotatable bonds is 0. The van der Waals surface area contributed by atoms with Crippen LogP contribution < -0.4 is 10.6 Å². The Morgan fingerprint density at radius 3 is 1.22 bits per heavy atom. The van der Waals surface area contributed by atoms with Gasteiger partial charge in [0.15, 0.2) is 18.6 Å². The van der Waals surface area contributed by atoms with Gasteiger partial charge in [-0.3, -0.25) is 10.6 Å². The smallest absolute Gasteiger partial charge is 0.192 e. The summed E-state index contributed by atoms with van der Waals surface area (Å²) in [6.07, 6.45) is 24.2. The Morgan fingerprint density at radius 1 is 0.430 bits per heavy atom. The lowest BCUT2D eigenvalue weighted by Crippen LogP contribution is -2.38. The van der Waals surface area contributed by atoms with Gasteiger partial charge in [0.25, 0.3) is 0 Å². The number of nitrogens with zero attached hydrogens (tertiary/aromatic N) is 10. The Balaban J connectivity index is -0.000000109. The zero-order valence-corrected chi connectivity index (χ0v) is 74.0. The molecule has 2 N–H and O–H groups in total. The van der Waals surface area contributed by atoms with E-state index < -0.39 is 0 Å². The molecule has 19 heteroatoms. The molecule has 10 heterocycles. The van der Waals surface area contributed by atoms with Crippen LogP contribution in [0.4, 0.5) is 0 Å². The van der Waals surface area contributed by atoms with E-state index in [1.54, 1.807) is 16.7 Å². The Bertz CT molecular complexity index is 1880. The van der Waals surface area contributed by atoms with Crippen molar-refractivity contribution in [3.8, 4) is 0 Å². The first kappa shape index (κ1) is 116. The van der Waals surface area contributed by atoms with E-state index in [0.717, 1.165) is 93.6 Å². The normalized spacial score (nSPS) is 17.9. The maximum absolute atomic E-state index is 5.12. The molecule has 16 nitrogen and oxygen atoms in total. The van der Waals surface area contributed by atoms with Gasteiger partial charge in [0.05, 0.1) is 36.7 Å². The molecule has 10 rings (SSSR count). The monoisotopic (exact) mass is 1470 g/mol. The molecule has 0 radical (unpaired) electrons. The molecule has 0 aromatic heterocycles. The zero-order valence-electron chi connectivity index (χ0n) is 71.5. The van der Waals surface area contributed by atoms with Crippen molar-refractivity contribution in [3.63, 3.8) is 0 Å². The first-order valence-electron chi connectivity index (χ1n) is 37.4. The van der Waals surface area contributed by atoms with Gasteiger partial charge in [0.1, 0.15) is 20.2 Å².